The first-order chi connectivity index (χ1) is 14.2. The van der Waals surface area contributed by atoms with Gasteiger partial charge in [-0.1, -0.05) is 24.3 Å². The second-order valence-electron chi connectivity index (χ2n) is 8.81. The van der Waals surface area contributed by atoms with E-state index in [0.717, 1.165) is 25.9 Å². The number of carbonyl (C=O) groups excluding carboxylic acids is 2. The molecule has 9 heteroatoms. The van der Waals surface area contributed by atoms with Crippen LogP contribution in [0.4, 0.5) is 4.79 Å². The summed E-state index contributed by atoms with van der Waals surface area (Å²) >= 11 is 0. The number of halogens is 1. The van der Waals surface area contributed by atoms with Crippen LogP contribution >= 0.6 is 24.0 Å². The van der Waals surface area contributed by atoms with Crippen LogP contribution in [0.15, 0.2) is 29.3 Å². The smallest absolute Gasteiger partial charge is 0.407 e. The molecule has 1 unspecified atom stereocenters. The third kappa shape index (κ3) is 7.26. The van der Waals surface area contributed by atoms with E-state index in [-0.39, 0.29) is 42.5 Å². The van der Waals surface area contributed by atoms with E-state index in [2.05, 4.69) is 32.7 Å². The molecule has 0 aromatic heterocycles. The van der Waals surface area contributed by atoms with E-state index in [1.807, 2.05) is 37.8 Å². The van der Waals surface area contributed by atoms with Crippen molar-refractivity contribution in [3.63, 3.8) is 0 Å². The zero-order chi connectivity index (χ0) is 21.7. The number of hydrogen-bond acceptors (Lipinski definition) is 4. The molecule has 2 aliphatic rings. The lowest BCUT2D eigenvalue weighted by Gasteiger charge is -2.29. The molecule has 1 atom stereocenters. The minimum Gasteiger partial charge on any atom is -0.444 e. The van der Waals surface area contributed by atoms with Gasteiger partial charge in [0.1, 0.15) is 5.60 Å². The van der Waals surface area contributed by atoms with Gasteiger partial charge in [0.05, 0.1) is 12.6 Å². The molecule has 2 amide bonds. The van der Waals surface area contributed by atoms with Gasteiger partial charge in [0, 0.05) is 33.2 Å². The molecule has 0 bridgehead atoms. The van der Waals surface area contributed by atoms with Gasteiger partial charge in [0.2, 0.25) is 5.91 Å². The van der Waals surface area contributed by atoms with Gasteiger partial charge < -0.3 is 25.2 Å². The van der Waals surface area contributed by atoms with E-state index in [1.165, 1.54) is 11.1 Å². The quantitative estimate of drug-likeness (QED) is 0.348. The van der Waals surface area contributed by atoms with Crippen molar-refractivity contribution in [2.24, 2.45) is 4.99 Å². The van der Waals surface area contributed by atoms with Crippen molar-refractivity contribution in [3.8, 4) is 0 Å². The van der Waals surface area contributed by atoms with Crippen LogP contribution in [0.2, 0.25) is 0 Å². The highest BCUT2D eigenvalue weighted by atomic mass is 127. The zero-order valence-corrected chi connectivity index (χ0v) is 21.1. The summed E-state index contributed by atoms with van der Waals surface area (Å²) in [5.41, 5.74) is 2.03. The summed E-state index contributed by atoms with van der Waals surface area (Å²) in [6, 6.07) is 8.27. The van der Waals surface area contributed by atoms with Crippen molar-refractivity contribution in [2.45, 2.75) is 51.8 Å². The maximum Gasteiger partial charge on any atom is 0.407 e. The Kier molecular flexibility index (Phi) is 8.96. The lowest BCUT2D eigenvalue weighted by Crippen LogP contribution is -2.48. The number of nitrogens with one attached hydrogen (secondary N) is 2. The molecule has 1 saturated heterocycles. The number of benzene rings is 1. The van der Waals surface area contributed by atoms with Crippen LogP contribution in [-0.2, 0) is 22.5 Å². The average Bonchev–Trinajstić information content (AvgIpc) is 3.14. The number of hydrogen-bond donors (Lipinski definition) is 2. The van der Waals surface area contributed by atoms with Crippen LogP contribution in [0.5, 0.6) is 0 Å². The predicted octanol–water partition coefficient (Wildman–Crippen LogP) is 2.36. The summed E-state index contributed by atoms with van der Waals surface area (Å²) in [5.74, 6) is 0.738. The number of alkyl carbamates (subject to hydrolysis) is 1. The SMILES string of the molecule is CN=C(NCC(=O)N1CCc2ccccc2C1)N1CCC(NC(=O)OC(C)(C)C)C1.I. The molecule has 172 valence electrons. The molecule has 3 rings (SSSR count). The summed E-state index contributed by atoms with van der Waals surface area (Å²) in [7, 11) is 1.71. The number of nitrogens with zero attached hydrogens (tertiary/aromatic N) is 3. The minimum atomic E-state index is -0.519. The molecule has 1 aromatic carbocycles. The Bertz CT molecular complexity index is 809. The first-order valence-electron chi connectivity index (χ1n) is 10.5. The fourth-order valence-electron chi connectivity index (χ4n) is 3.85. The third-order valence-electron chi connectivity index (χ3n) is 5.30. The Morgan fingerprint density at radius 3 is 2.55 bits per heavy atom. The van der Waals surface area contributed by atoms with E-state index in [4.69, 9.17) is 4.74 Å². The van der Waals surface area contributed by atoms with Crippen LogP contribution in [0, 0.1) is 0 Å². The van der Waals surface area contributed by atoms with Gasteiger partial charge in [0.15, 0.2) is 5.96 Å². The second-order valence-corrected chi connectivity index (χ2v) is 8.81. The number of aliphatic imine (C=N–C) groups is 1. The van der Waals surface area contributed by atoms with Gasteiger partial charge in [-0.2, -0.15) is 0 Å². The van der Waals surface area contributed by atoms with Crippen LogP contribution in [0.3, 0.4) is 0 Å². The Balaban J connectivity index is 0.00000341. The number of carbonyl (C=O) groups is 2. The first kappa shape index (κ1) is 25.2. The van der Waals surface area contributed by atoms with E-state index >= 15 is 0 Å². The molecular weight excluding hydrogens is 509 g/mol. The number of amides is 2. The van der Waals surface area contributed by atoms with Crippen molar-refractivity contribution >= 4 is 41.9 Å². The normalized spacial score (nSPS) is 18.7. The molecule has 0 aliphatic carbocycles. The Labute approximate surface area is 201 Å². The molecule has 1 aromatic rings. The van der Waals surface area contributed by atoms with Crippen molar-refractivity contribution in [1.29, 1.82) is 0 Å². The van der Waals surface area contributed by atoms with Crippen molar-refractivity contribution < 1.29 is 14.3 Å². The minimum absolute atomic E-state index is 0. The third-order valence-corrected chi connectivity index (χ3v) is 5.30. The van der Waals surface area contributed by atoms with Crippen molar-refractivity contribution in [1.82, 2.24) is 20.4 Å². The fourth-order valence-corrected chi connectivity index (χ4v) is 3.85. The highest BCUT2D eigenvalue weighted by Gasteiger charge is 2.28. The summed E-state index contributed by atoms with van der Waals surface area (Å²) in [5, 5.41) is 6.09. The maximum atomic E-state index is 12.7. The molecule has 31 heavy (non-hydrogen) atoms. The maximum absolute atomic E-state index is 12.7. The van der Waals surface area contributed by atoms with Gasteiger partial charge in [-0.3, -0.25) is 9.79 Å². The first-order valence-corrected chi connectivity index (χ1v) is 10.5. The lowest BCUT2D eigenvalue weighted by molar-refractivity contribution is -0.130. The average molecular weight is 543 g/mol. The summed E-state index contributed by atoms with van der Waals surface area (Å²) < 4.78 is 5.33. The van der Waals surface area contributed by atoms with Crippen LogP contribution in [0.25, 0.3) is 0 Å². The van der Waals surface area contributed by atoms with E-state index in [1.54, 1.807) is 7.05 Å². The van der Waals surface area contributed by atoms with Crippen LogP contribution in [-0.4, -0.2) is 72.6 Å². The lowest BCUT2D eigenvalue weighted by atomic mass is 10.00. The molecule has 2 aliphatic heterocycles. The molecular formula is C22H34IN5O3. The number of fused-ring (bicyclic) bond motifs is 1. The standard InChI is InChI=1S/C22H33N5O3.HI/c1-22(2,3)30-21(29)25-18-10-12-27(15-18)20(23-4)24-13-19(28)26-11-9-16-7-5-6-8-17(16)14-26;/h5-8,18H,9-15H2,1-4H3,(H,23,24)(H,25,29);1H. The highest BCUT2D eigenvalue weighted by molar-refractivity contribution is 14.0. The van der Waals surface area contributed by atoms with E-state index in [0.29, 0.717) is 19.0 Å². The molecule has 8 nitrogen and oxygen atoms in total. The molecule has 0 radical (unpaired) electrons. The van der Waals surface area contributed by atoms with Gasteiger partial charge >= 0.3 is 6.09 Å². The van der Waals surface area contributed by atoms with E-state index < -0.39 is 11.7 Å². The number of guanidine groups is 1. The van der Waals surface area contributed by atoms with Crippen molar-refractivity contribution in [2.75, 3.05) is 33.2 Å². The molecule has 0 saturated carbocycles. The number of ether oxygens (including phenoxy) is 1. The molecule has 2 heterocycles. The topological polar surface area (TPSA) is 86.3 Å². The molecule has 0 spiro atoms. The van der Waals surface area contributed by atoms with Crippen LogP contribution < -0.4 is 10.6 Å². The molecule has 2 N–H and O–H groups in total. The predicted molar refractivity (Wildman–Crippen MR) is 132 cm³/mol. The Hall–Kier alpha value is -2.04. The zero-order valence-electron chi connectivity index (χ0n) is 18.8. The largest absolute Gasteiger partial charge is 0.444 e. The van der Waals surface area contributed by atoms with Gasteiger partial charge in [-0.25, -0.2) is 4.79 Å². The van der Waals surface area contributed by atoms with Crippen molar-refractivity contribution in [3.05, 3.63) is 35.4 Å². The summed E-state index contributed by atoms with van der Waals surface area (Å²) in [6.45, 7) is 8.51. The van der Waals surface area contributed by atoms with Gasteiger partial charge in [0.25, 0.3) is 0 Å². The Morgan fingerprint density at radius 1 is 1.16 bits per heavy atom. The number of likely N-dealkylation sites (tertiary alicyclic amines) is 1. The van der Waals surface area contributed by atoms with E-state index in [9.17, 15) is 9.59 Å². The summed E-state index contributed by atoms with van der Waals surface area (Å²) in [4.78, 5) is 33.0. The second kappa shape index (κ2) is 11.0. The monoisotopic (exact) mass is 543 g/mol. The van der Waals surface area contributed by atoms with Gasteiger partial charge in [-0.05, 0) is 44.7 Å². The number of rotatable bonds is 3. The highest BCUT2D eigenvalue weighted by Crippen LogP contribution is 2.18. The summed E-state index contributed by atoms with van der Waals surface area (Å²) in [6.07, 6.45) is 1.29. The van der Waals surface area contributed by atoms with Gasteiger partial charge in [-0.15, -0.1) is 24.0 Å². The molecule has 1 fully saturated rings. The Morgan fingerprint density at radius 2 is 1.87 bits per heavy atom. The van der Waals surface area contributed by atoms with Crippen LogP contribution in [0.1, 0.15) is 38.3 Å². The fraction of sp³-hybridized carbons (Fsp3) is 0.591.